The van der Waals surface area contributed by atoms with Gasteiger partial charge in [0.05, 0.1) is 7.11 Å². The van der Waals surface area contributed by atoms with Gasteiger partial charge < -0.3 is 9.15 Å². The van der Waals surface area contributed by atoms with E-state index in [1.807, 2.05) is 5.10 Å². The number of nitrogens with one attached hydrogen (secondary N) is 2. The van der Waals surface area contributed by atoms with E-state index in [9.17, 15) is 31.2 Å². The van der Waals surface area contributed by atoms with Crippen molar-refractivity contribution in [1.29, 1.82) is 0 Å². The molecule has 3 rings (SSSR count). The lowest BCUT2D eigenvalue weighted by molar-refractivity contribution is 0.0589. The first-order valence-electron chi connectivity index (χ1n) is 9.78. The number of esters is 1. The van der Waals surface area contributed by atoms with E-state index in [1.165, 1.54) is 19.1 Å². The fourth-order valence-electron chi connectivity index (χ4n) is 3.53. The summed E-state index contributed by atoms with van der Waals surface area (Å²) in [6, 6.07) is 2.44. The topological polar surface area (TPSA) is 131 Å². The molecular formula is C21H20F3N3O6S. The Labute approximate surface area is 192 Å². The number of sulfonamides is 1. The predicted octanol–water partition coefficient (Wildman–Crippen LogP) is 3.01. The van der Waals surface area contributed by atoms with Gasteiger partial charge in [-0.25, -0.2) is 36.3 Å². The number of hydrogen-bond donors (Lipinski definition) is 2. The highest BCUT2D eigenvalue weighted by molar-refractivity contribution is 7.89. The third kappa shape index (κ3) is 4.61. The summed E-state index contributed by atoms with van der Waals surface area (Å²) in [4.78, 5) is 22.2. The van der Waals surface area contributed by atoms with E-state index >= 15 is 0 Å². The van der Waals surface area contributed by atoms with Gasteiger partial charge in [0.15, 0.2) is 5.82 Å². The SMILES string of the molecule is COC(=O)c1c(F)ccc(S(=O)(=O)N[C@H](c2n[nH]c(=O)o2)[C@H](C)c2c(F)ccc(C)c2C)c1F. The van der Waals surface area contributed by atoms with Crippen LogP contribution in [-0.2, 0) is 14.8 Å². The molecule has 1 aromatic heterocycles. The molecule has 2 atom stereocenters. The molecule has 0 saturated heterocycles. The quantitative estimate of drug-likeness (QED) is 0.478. The van der Waals surface area contributed by atoms with Crippen LogP contribution in [0.3, 0.4) is 0 Å². The lowest BCUT2D eigenvalue weighted by Gasteiger charge is -2.25. The summed E-state index contributed by atoms with van der Waals surface area (Å²) in [6.07, 6.45) is 0. The number of carbonyl (C=O) groups is 1. The second kappa shape index (κ2) is 9.43. The van der Waals surface area contributed by atoms with Crippen molar-refractivity contribution >= 4 is 16.0 Å². The molecule has 0 aliphatic rings. The van der Waals surface area contributed by atoms with Crippen LogP contribution in [0.25, 0.3) is 0 Å². The number of H-pyrrole nitrogens is 1. The maximum atomic E-state index is 14.9. The second-order valence-corrected chi connectivity index (χ2v) is 9.15. The Bertz CT molecular complexity index is 1420. The zero-order valence-corrected chi connectivity index (χ0v) is 19.2. The minimum atomic E-state index is -4.84. The number of aryl methyl sites for hydroxylation is 1. The lowest BCUT2D eigenvalue weighted by Crippen LogP contribution is -2.33. The molecule has 0 amide bonds. The highest BCUT2D eigenvalue weighted by Crippen LogP contribution is 2.35. The monoisotopic (exact) mass is 499 g/mol. The zero-order valence-electron chi connectivity index (χ0n) is 18.4. The molecule has 2 N–H and O–H groups in total. The largest absolute Gasteiger partial charge is 0.465 e. The average molecular weight is 499 g/mol. The summed E-state index contributed by atoms with van der Waals surface area (Å²) in [5, 5.41) is 5.62. The number of carbonyl (C=O) groups excluding carboxylic acids is 1. The van der Waals surface area contributed by atoms with E-state index in [2.05, 4.69) is 14.6 Å². The van der Waals surface area contributed by atoms with E-state index in [4.69, 9.17) is 4.42 Å². The number of hydrogen-bond acceptors (Lipinski definition) is 7. The minimum Gasteiger partial charge on any atom is -0.465 e. The van der Waals surface area contributed by atoms with Gasteiger partial charge in [0, 0.05) is 5.92 Å². The Morgan fingerprint density at radius 3 is 2.38 bits per heavy atom. The molecule has 13 heteroatoms. The van der Waals surface area contributed by atoms with E-state index in [0.717, 1.165) is 7.11 Å². The van der Waals surface area contributed by atoms with Crippen LogP contribution in [-0.4, -0.2) is 31.7 Å². The Hall–Kier alpha value is -3.45. The fourth-order valence-corrected chi connectivity index (χ4v) is 4.88. The van der Waals surface area contributed by atoms with E-state index in [0.29, 0.717) is 23.3 Å². The van der Waals surface area contributed by atoms with Gasteiger partial charge in [0.2, 0.25) is 15.9 Å². The van der Waals surface area contributed by atoms with Crippen LogP contribution in [0, 0.1) is 31.3 Å². The first-order chi connectivity index (χ1) is 15.9. The first kappa shape index (κ1) is 25.2. The Kier molecular flexibility index (Phi) is 6.98. The van der Waals surface area contributed by atoms with Crippen molar-refractivity contribution in [3.63, 3.8) is 0 Å². The van der Waals surface area contributed by atoms with E-state index in [1.54, 1.807) is 13.8 Å². The molecule has 0 radical (unpaired) electrons. The third-order valence-electron chi connectivity index (χ3n) is 5.43. The minimum absolute atomic E-state index is 0.105. The molecule has 182 valence electrons. The number of aromatic nitrogens is 2. The third-order valence-corrected chi connectivity index (χ3v) is 6.88. The molecule has 1 heterocycles. The second-order valence-electron chi connectivity index (χ2n) is 7.47. The van der Waals surface area contributed by atoms with E-state index < -0.39 is 67.5 Å². The molecule has 0 fully saturated rings. The van der Waals surface area contributed by atoms with Crippen LogP contribution >= 0.6 is 0 Å². The van der Waals surface area contributed by atoms with Crippen LogP contribution in [0.2, 0.25) is 0 Å². The van der Waals surface area contributed by atoms with Gasteiger partial charge in [-0.1, -0.05) is 13.0 Å². The molecule has 0 saturated carbocycles. The standard InChI is InChI=1S/C21H20F3N3O6S/c1-9-5-6-12(22)15(10(9)2)11(3)18(19-25-26-21(29)33-19)27-34(30,31)14-8-7-13(23)16(17(14)24)20(28)32-4/h5-8,11,18,27H,1-4H3,(H,26,29)/t11-,18+/m1/s1. The molecule has 9 nitrogen and oxygen atoms in total. The van der Waals surface area contributed by atoms with Gasteiger partial charge in [-0.3, -0.25) is 0 Å². The summed E-state index contributed by atoms with van der Waals surface area (Å²) in [5.41, 5.74) is 0.117. The average Bonchev–Trinajstić information content (AvgIpc) is 3.20. The van der Waals surface area contributed by atoms with Crippen molar-refractivity contribution in [2.24, 2.45) is 0 Å². The van der Waals surface area contributed by atoms with Gasteiger partial charge in [0.25, 0.3) is 0 Å². The molecule has 34 heavy (non-hydrogen) atoms. The van der Waals surface area contributed by atoms with Gasteiger partial charge in [0.1, 0.15) is 28.1 Å². The van der Waals surface area contributed by atoms with Crippen molar-refractivity contribution in [2.45, 2.75) is 37.6 Å². The molecule has 0 aliphatic carbocycles. The van der Waals surface area contributed by atoms with Crippen molar-refractivity contribution < 1.29 is 35.5 Å². The summed E-state index contributed by atoms with van der Waals surface area (Å²) in [7, 11) is -3.97. The fraction of sp³-hybridized carbons (Fsp3) is 0.286. The molecule has 3 aromatic rings. The summed E-state index contributed by atoms with van der Waals surface area (Å²) < 4.78 is 81.3. The molecule has 2 aromatic carbocycles. The molecule has 0 bridgehead atoms. The number of ether oxygens (including phenoxy) is 1. The van der Waals surface area contributed by atoms with Gasteiger partial charge in [-0.2, -0.15) is 4.72 Å². The van der Waals surface area contributed by atoms with Crippen LogP contribution in [0.4, 0.5) is 13.2 Å². The summed E-state index contributed by atoms with van der Waals surface area (Å²) in [5.74, 6) is -7.56. The molecule has 0 unspecified atom stereocenters. The number of methoxy groups -OCH3 is 1. The molecule has 0 aliphatic heterocycles. The Morgan fingerprint density at radius 2 is 1.79 bits per heavy atom. The van der Waals surface area contributed by atoms with Crippen LogP contribution in [0.5, 0.6) is 0 Å². The lowest BCUT2D eigenvalue weighted by atomic mass is 9.88. The Morgan fingerprint density at radius 1 is 1.15 bits per heavy atom. The van der Waals surface area contributed by atoms with Crippen LogP contribution in [0.15, 0.2) is 38.4 Å². The van der Waals surface area contributed by atoms with Crippen molar-refractivity contribution in [3.05, 3.63) is 80.4 Å². The number of nitrogens with zero attached hydrogens (tertiary/aromatic N) is 1. The molecular weight excluding hydrogens is 479 g/mol. The number of aromatic amines is 1. The maximum absolute atomic E-state index is 14.9. The predicted molar refractivity (Wildman–Crippen MR) is 112 cm³/mol. The highest BCUT2D eigenvalue weighted by Gasteiger charge is 2.35. The number of halogens is 3. The van der Waals surface area contributed by atoms with Crippen molar-refractivity contribution in [3.8, 4) is 0 Å². The maximum Gasteiger partial charge on any atom is 0.434 e. The van der Waals surface area contributed by atoms with Crippen molar-refractivity contribution in [1.82, 2.24) is 14.9 Å². The smallest absolute Gasteiger partial charge is 0.434 e. The number of rotatable bonds is 7. The highest BCUT2D eigenvalue weighted by atomic mass is 32.2. The van der Waals surface area contributed by atoms with Gasteiger partial charge >= 0.3 is 11.7 Å². The van der Waals surface area contributed by atoms with Gasteiger partial charge in [-0.15, -0.1) is 5.10 Å². The van der Waals surface area contributed by atoms with Crippen molar-refractivity contribution in [2.75, 3.05) is 7.11 Å². The number of benzene rings is 2. The van der Waals surface area contributed by atoms with E-state index in [-0.39, 0.29) is 5.56 Å². The van der Waals surface area contributed by atoms with Crippen LogP contribution < -0.4 is 10.5 Å². The van der Waals surface area contributed by atoms with Crippen LogP contribution in [0.1, 0.15) is 51.8 Å². The molecule has 0 spiro atoms. The Balaban J connectivity index is 2.15. The first-order valence-corrected chi connectivity index (χ1v) is 11.3. The normalized spacial score (nSPS) is 13.5. The summed E-state index contributed by atoms with van der Waals surface area (Å²) in [6.45, 7) is 4.80. The summed E-state index contributed by atoms with van der Waals surface area (Å²) >= 11 is 0. The zero-order chi connectivity index (χ0) is 25.4. The van der Waals surface area contributed by atoms with Gasteiger partial charge in [-0.05, 0) is 48.7 Å².